The SMILES string of the molecule is [2H]C1C(=O)CC(=O)[C@@]([2H])(n2c(C)nc3cccc(N([2H])[2H])c3c2=O)C1[2H]. The molecule has 1 aromatic carbocycles. The second-order valence-electron chi connectivity index (χ2n) is 4.76. The lowest BCUT2D eigenvalue weighted by atomic mass is 9.92. The first-order chi connectivity index (χ1) is 12.1. The van der Waals surface area contributed by atoms with Gasteiger partial charge in [0.1, 0.15) is 11.6 Å². The van der Waals surface area contributed by atoms with Crippen LogP contribution in [-0.4, -0.2) is 21.1 Å². The maximum absolute atomic E-state index is 13.1. The van der Waals surface area contributed by atoms with Crippen LogP contribution in [-0.2, 0) is 9.59 Å². The third-order valence-electron chi connectivity index (χ3n) is 3.33. The van der Waals surface area contributed by atoms with E-state index in [1.54, 1.807) is 0 Å². The lowest BCUT2D eigenvalue weighted by molar-refractivity contribution is -0.132. The van der Waals surface area contributed by atoms with Crippen LogP contribution in [0.15, 0.2) is 23.0 Å². The lowest BCUT2D eigenvalue weighted by Gasteiger charge is -2.24. The van der Waals surface area contributed by atoms with Gasteiger partial charge in [0.2, 0.25) is 0 Å². The number of nitrogen functional groups attached to an aromatic ring is 1. The van der Waals surface area contributed by atoms with E-state index in [2.05, 4.69) is 4.98 Å². The smallest absolute Gasteiger partial charge is 0.264 e. The summed E-state index contributed by atoms with van der Waals surface area (Å²) in [5, 5.41) is -0.145. The fraction of sp³-hybridized carbons (Fsp3) is 0.333. The van der Waals surface area contributed by atoms with E-state index in [1.807, 2.05) is 0 Å². The predicted octanol–water partition coefficient (Wildman–Crippen LogP) is 1.15. The minimum atomic E-state index is -2.48. The number of nitrogens with two attached hydrogens (primary N) is 1. The highest BCUT2D eigenvalue weighted by atomic mass is 16.2. The highest BCUT2D eigenvalue weighted by molar-refractivity contribution is 6.03. The first kappa shape index (κ1) is 8.71. The van der Waals surface area contributed by atoms with Gasteiger partial charge in [-0.1, -0.05) is 6.07 Å². The first-order valence-electron chi connectivity index (χ1n) is 8.86. The fourth-order valence-corrected chi connectivity index (χ4v) is 2.38. The highest BCUT2D eigenvalue weighted by Crippen LogP contribution is 2.24. The van der Waals surface area contributed by atoms with Gasteiger partial charge in [-0.25, -0.2) is 4.98 Å². The van der Waals surface area contributed by atoms with Crippen molar-refractivity contribution in [2.45, 2.75) is 32.2 Å². The molecule has 2 N–H and O–H groups in total. The van der Waals surface area contributed by atoms with Crippen molar-refractivity contribution in [3.63, 3.8) is 0 Å². The Morgan fingerprint density at radius 2 is 2.29 bits per heavy atom. The van der Waals surface area contributed by atoms with Crippen molar-refractivity contribution in [2.24, 2.45) is 0 Å². The summed E-state index contributed by atoms with van der Waals surface area (Å²) in [5.41, 5.74) is -0.563. The number of hydrogen-bond acceptors (Lipinski definition) is 5. The van der Waals surface area contributed by atoms with E-state index in [1.165, 1.54) is 25.1 Å². The van der Waals surface area contributed by atoms with Gasteiger partial charge in [-0.3, -0.25) is 19.0 Å². The summed E-state index contributed by atoms with van der Waals surface area (Å²) in [4.78, 5) is 41.4. The van der Waals surface area contributed by atoms with Crippen LogP contribution in [0.5, 0.6) is 0 Å². The Kier molecular flexibility index (Phi) is 1.99. The largest absolute Gasteiger partial charge is 0.398 e. The van der Waals surface area contributed by atoms with Crippen LogP contribution >= 0.6 is 0 Å². The molecule has 0 aliphatic heterocycles. The molecule has 6 heteroatoms. The Balaban J connectivity index is 2.38. The van der Waals surface area contributed by atoms with Gasteiger partial charge in [0.25, 0.3) is 5.56 Å². The molecule has 1 aromatic heterocycles. The third-order valence-corrected chi connectivity index (χ3v) is 3.33. The van der Waals surface area contributed by atoms with E-state index >= 15 is 0 Å². The molecule has 21 heavy (non-hydrogen) atoms. The normalized spacial score (nSPS) is 32.9. The van der Waals surface area contributed by atoms with Crippen LogP contribution in [0.2, 0.25) is 2.82 Å². The van der Waals surface area contributed by atoms with E-state index in [4.69, 9.17) is 6.94 Å². The molecule has 0 amide bonds. The van der Waals surface area contributed by atoms with Gasteiger partial charge in [-0.2, -0.15) is 0 Å². The summed E-state index contributed by atoms with van der Waals surface area (Å²) in [5.74, 6) is -1.74. The van der Waals surface area contributed by atoms with Crippen molar-refractivity contribution in [1.29, 1.82) is 0 Å². The fourth-order valence-electron chi connectivity index (χ4n) is 2.38. The number of benzene rings is 1. The topological polar surface area (TPSA) is 95.1 Å². The molecule has 1 heterocycles. The number of anilines is 1. The minimum Gasteiger partial charge on any atom is -0.398 e. The minimum absolute atomic E-state index is 0.0247. The number of carbonyl (C=O) groups is 2. The van der Waals surface area contributed by atoms with Crippen molar-refractivity contribution in [3.05, 3.63) is 34.4 Å². The van der Waals surface area contributed by atoms with Crippen molar-refractivity contribution in [2.75, 3.05) is 5.72 Å². The van der Waals surface area contributed by atoms with Crippen molar-refractivity contribution in [3.8, 4) is 0 Å². The monoisotopic (exact) mass is 290 g/mol. The molecule has 2 unspecified atom stereocenters. The number of hydrogen-bond donors (Lipinski definition) is 1. The van der Waals surface area contributed by atoms with Crippen molar-refractivity contribution in [1.82, 2.24) is 9.55 Å². The number of carbonyl (C=O) groups excluding carboxylic acids is 2. The predicted molar refractivity (Wildman–Crippen MR) is 78.1 cm³/mol. The molecule has 1 saturated carbocycles. The van der Waals surface area contributed by atoms with E-state index < -0.39 is 42.4 Å². The van der Waals surface area contributed by atoms with E-state index in [9.17, 15) is 14.4 Å². The Hall–Kier alpha value is -2.50. The molecule has 1 aliphatic rings. The molecule has 3 rings (SSSR count). The van der Waals surface area contributed by atoms with Crippen LogP contribution < -0.4 is 11.3 Å². The van der Waals surface area contributed by atoms with Crippen molar-refractivity contribution < 1.29 is 16.5 Å². The molecular weight excluding hydrogens is 270 g/mol. The van der Waals surface area contributed by atoms with Gasteiger partial charge in [-0.15, -0.1) is 0 Å². The standard InChI is InChI=1S/C15H15N3O3/c1-8-17-11-4-2-3-10(16)14(11)15(21)18(8)12-6-5-9(19)7-13(12)20/h2-4,12H,5-7,16H2,1H3/t12-/m0/s1/i5D,6D,12D/hD2/t5?,6?,12-. The van der Waals surface area contributed by atoms with Gasteiger partial charge in [0.15, 0.2) is 8.61 Å². The molecule has 1 fully saturated rings. The second-order valence-corrected chi connectivity index (χ2v) is 4.76. The molecule has 0 saturated heterocycles. The van der Waals surface area contributed by atoms with Gasteiger partial charge < -0.3 is 5.72 Å². The summed E-state index contributed by atoms with van der Waals surface area (Å²) in [7, 11) is 0. The van der Waals surface area contributed by atoms with E-state index in [0.29, 0.717) is 4.57 Å². The van der Waals surface area contributed by atoms with E-state index in [0.717, 1.165) is 0 Å². The zero-order chi connectivity index (χ0) is 19.4. The molecule has 2 aromatic rings. The summed E-state index contributed by atoms with van der Waals surface area (Å²) >= 11 is 0. The van der Waals surface area contributed by atoms with Crippen molar-refractivity contribution >= 4 is 28.2 Å². The maximum Gasteiger partial charge on any atom is 0.264 e. The molecule has 108 valence electrons. The van der Waals surface area contributed by atoms with Gasteiger partial charge in [-0.05, 0) is 25.5 Å². The zero-order valence-corrected chi connectivity index (χ0v) is 11.2. The second kappa shape index (κ2) is 4.80. The molecule has 0 radical (unpaired) electrons. The summed E-state index contributed by atoms with van der Waals surface area (Å²) in [6, 6.07) is 1.87. The third kappa shape index (κ3) is 2.12. The maximum atomic E-state index is 13.1. The number of rotatable bonds is 2. The van der Waals surface area contributed by atoms with Crippen LogP contribution in [0, 0.1) is 6.92 Å². The summed E-state index contributed by atoms with van der Waals surface area (Å²) < 4.78 is 40.0. The summed E-state index contributed by atoms with van der Waals surface area (Å²) in [6.45, 7) is 1.39. The molecule has 6 nitrogen and oxygen atoms in total. The number of aryl methyl sites for hydroxylation is 1. The quantitative estimate of drug-likeness (QED) is 0.661. The first-order valence-corrected chi connectivity index (χ1v) is 6.32. The van der Waals surface area contributed by atoms with Crippen LogP contribution in [0.1, 0.15) is 35.2 Å². The molecule has 3 atom stereocenters. The Morgan fingerprint density at radius 1 is 1.48 bits per heavy atom. The number of aromatic nitrogens is 2. The Bertz CT molecular complexity index is 992. The van der Waals surface area contributed by atoms with E-state index in [-0.39, 0.29) is 28.1 Å². The zero-order valence-electron chi connectivity index (χ0n) is 16.2. The Labute approximate surface area is 127 Å². The van der Waals surface area contributed by atoms with Crippen LogP contribution in [0.3, 0.4) is 0 Å². The lowest BCUT2D eigenvalue weighted by Crippen LogP contribution is -2.36. The van der Waals surface area contributed by atoms with Crippen LogP contribution in [0.4, 0.5) is 5.69 Å². The Morgan fingerprint density at radius 3 is 3.05 bits per heavy atom. The van der Waals surface area contributed by atoms with Gasteiger partial charge in [0.05, 0.1) is 24.7 Å². The number of nitrogens with zero attached hydrogens (tertiary/aromatic N) is 2. The average molecular weight is 290 g/mol. The number of fused-ring (bicyclic) bond motifs is 1. The average Bonchev–Trinajstić information content (AvgIpc) is 2.57. The summed E-state index contributed by atoms with van der Waals surface area (Å²) in [6.07, 6.45) is -4.14. The van der Waals surface area contributed by atoms with Gasteiger partial charge >= 0.3 is 0 Å². The molecule has 0 bridgehead atoms. The highest BCUT2D eigenvalue weighted by Gasteiger charge is 2.30. The molecule has 0 spiro atoms. The van der Waals surface area contributed by atoms with Gasteiger partial charge in [0, 0.05) is 14.8 Å². The molecular formula is C15H15N3O3. The number of Topliss-reactive ketones (excluding diaryl/α,β-unsaturated/α-hetero) is 2. The van der Waals surface area contributed by atoms with Crippen LogP contribution in [0.25, 0.3) is 10.9 Å². The molecule has 1 aliphatic carbocycles. The number of ketones is 2.